The second-order valence-corrected chi connectivity index (χ2v) is 5.71. The van der Waals surface area contributed by atoms with E-state index in [2.05, 4.69) is 53.1 Å². The van der Waals surface area contributed by atoms with Gasteiger partial charge in [0.05, 0.1) is 16.6 Å². The molecule has 0 saturated heterocycles. The van der Waals surface area contributed by atoms with Crippen molar-refractivity contribution in [3.8, 4) is 0 Å². The van der Waals surface area contributed by atoms with Gasteiger partial charge in [0.1, 0.15) is 0 Å². The maximum absolute atomic E-state index is 5.70. The summed E-state index contributed by atoms with van der Waals surface area (Å²) in [4.78, 5) is 1.16. The zero-order chi connectivity index (χ0) is 13.7. The molecule has 1 unspecified atom stereocenters. The molecule has 0 spiro atoms. The monoisotopic (exact) mass is 276 g/mol. The number of benzene rings is 1. The van der Waals surface area contributed by atoms with Crippen molar-refractivity contribution in [3.05, 3.63) is 46.5 Å². The van der Waals surface area contributed by atoms with E-state index in [9.17, 15) is 0 Å². The van der Waals surface area contributed by atoms with Crippen molar-refractivity contribution in [2.75, 3.05) is 0 Å². The standard InChI is InChI=1S/C14H20N4S/c1-10(2)13-14(19-18-17-13)12(16-15)9-8-11-6-4-3-5-7-11/h3-7,10,12,16H,8-9,15H2,1-2H3. The van der Waals surface area contributed by atoms with Crippen LogP contribution in [0.5, 0.6) is 0 Å². The molecular weight excluding hydrogens is 256 g/mol. The van der Waals surface area contributed by atoms with Gasteiger partial charge in [0.15, 0.2) is 0 Å². The Labute approximate surface area is 118 Å². The summed E-state index contributed by atoms with van der Waals surface area (Å²) >= 11 is 1.44. The molecule has 2 aromatic rings. The second-order valence-electron chi connectivity index (χ2n) is 4.92. The van der Waals surface area contributed by atoms with Gasteiger partial charge >= 0.3 is 0 Å². The van der Waals surface area contributed by atoms with E-state index in [1.807, 2.05) is 6.07 Å². The first-order valence-corrected chi connectivity index (χ1v) is 7.32. The fourth-order valence-electron chi connectivity index (χ4n) is 2.09. The van der Waals surface area contributed by atoms with Gasteiger partial charge in [-0.3, -0.25) is 11.3 Å². The lowest BCUT2D eigenvalue weighted by molar-refractivity contribution is 0.516. The smallest absolute Gasteiger partial charge is 0.0829 e. The van der Waals surface area contributed by atoms with E-state index >= 15 is 0 Å². The van der Waals surface area contributed by atoms with E-state index in [4.69, 9.17) is 5.84 Å². The molecule has 4 nitrogen and oxygen atoms in total. The molecule has 1 aromatic carbocycles. The zero-order valence-electron chi connectivity index (χ0n) is 11.3. The Morgan fingerprint density at radius 2 is 2.00 bits per heavy atom. The van der Waals surface area contributed by atoms with E-state index in [0.29, 0.717) is 5.92 Å². The Balaban J connectivity index is 2.06. The highest BCUT2D eigenvalue weighted by Gasteiger charge is 2.19. The van der Waals surface area contributed by atoms with Gasteiger partial charge in [-0.1, -0.05) is 48.7 Å². The highest BCUT2D eigenvalue weighted by molar-refractivity contribution is 7.05. The summed E-state index contributed by atoms with van der Waals surface area (Å²) in [6.45, 7) is 4.26. The van der Waals surface area contributed by atoms with Gasteiger partial charge in [0.25, 0.3) is 0 Å². The van der Waals surface area contributed by atoms with E-state index in [-0.39, 0.29) is 6.04 Å². The summed E-state index contributed by atoms with van der Waals surface area (Å²) in [5.74, 6) is 6.07. The maximum Gasteiger partial charge on any atom is 0.0829 e. The van der Waals surface area contributed by atoms with Gasteiger partial charge in [-0.05, 0) is 35.9 Å². The molecule has 0 bridgehead atoms. The van der Waals surface area contributed by atoms with Crippen LogP contribution in [-0.2, 0) is 6.42 Å². The molecule has 1 aromatic heterocycles. The second kappa shape index (κ2) is 6.75. The SMILES string of the molecule is CC(C)c1nnsc1C(CCc1ccccc1)NN. The average molecular weight is 276 g/mol. The molecule has 2 rings (SSSR count). The van der Waals surface area contributed by atoms with E-state index in [0.717, 1.165) is 23.4 Å². The molecule has 0 saturated carbocycles. The third-order valence-corrected chi connectivity index (χ3v) is 4.02. The van der Waals surface area contributed by atoms with Crippen LogP contribution in [0.15, 0.2) is 30.3 Å². The number of nitrogens with one attached hydrogen (secondary N) is 1. The number of aryl methyl sites for hydroxylation is 1. The molecule has 0 aliphatic rings. The quantitative estimate of drug-likeness (QED) is 0.629. The summed E-state index contributed by atoms with van der Waals surface area (Å²) in [6, 6.07) is 10.6. The van der Waals surface area contributed by atoms with E-state index < -0.39 is 0 Å². The molecule has 1 heterocycles. The summed E-state index contributed by atoms with van der Waals surface area (Å²) in [7, 11) is 0. The lowest BCUT2D eigenvalue weighted by Crippen LogP contribution is -2.28. The number of hydrogen-bond acceptors (Lipinski definition) is 5. The van der Waals surface area contributed by atoms with Gasteiger partial charge in [0.2, 0.25) is 0 Å². The Morgan fingerprint density at radius 3 is 2.63 bits per heavy atom. The fraction of sp³-hybridized carbons (Fsp3) is 0.429. The van der Waals surface area contributed by atoms with Crippen LogP contribution >= 0.6 is 11.5 Å². The normalized spacial score (nSPS) is 12.8. The number of hydrazine groups is 1. The van der Waals surface area contributed by atoms with E-state index in [1.165, 1.54) is 17.1 Å². The molecule has 0 fully saturated rings. The van der Waals surface area contributed by atoms with Crippen LogP contribution in [-0.4, -0.2) is 9.59 Å². The topological polar surface area (TPSA) is 63.8 Å². The molecular formula is C14H20N4S. The van der Waals surface area contributed by atoms with Crippen LogP contribution < -0.4 is 11.3 Å². The molecule has 5 heteroatoms. The van der Waals surface area contributed by atoms with Gasteiger partial charge in [-0.15, -0.1) is 5.10 Å². The van der Waals surface area contributed by atoms with Crippen LogP contribution in [0, 0.1) is 0 Å². The van der Waals surface area contributed by atoms with E-state index in [1.54, 1.807) is 0 Å². The zero-order valence-corrected chi connectivity index (χ0v) is 12.2. The van der Waals surface area contributed by atoms with Crippen LogP contribution in [0.25, 0.3) is 0 Å². The number of nitrogens with zero attached hydrogens (tertiary/aromatic N) is 2. The first-order valence-electron chi connectivity index (χ1n) is 6.54. The van der Waals surface area contributed by atoms with Crippen LogP contribution in [0.3, 0.4) is 0 Å². The number of aromatic nitrogens is 2. The Morgan fingerprint density at radius 1 is 1.26 bits per heavy atom. The first-order chi connectivity index (χ1) is 9.22. The van der Waals surface area contributed by atoms with Crippen molar-refractivity contribution < 1.29 is 0 Å². The molecule has 0 amide bonds. The van der Waals surface area contributed by atoms with Crippen molar-refractivity contribution in [1.82, 2.24) is 15.0 Å². The third-order valence-electron chi connectivity index (χ3n) is 3.17. The van der Waals surface area contributed by atoms with Crippen molar-refractivity contribution in [1.29, 1.82) is 0 Å². The largest absolute Gasteiger partial charge is 0.271 e. The maximum atomic E-state index is 5.70. The van der Waals surface area contributed by atoms with Gasteiger partial charge in [0, 0.05) is 0 Å². The van der Waals surface area contributed by atoms with Crippen LogP contribution in [0.2, 0.25) is 0 Å². The minimum Gasteiger partial charge on any atom is -0.271 e. The molecule has 1 atom stereocenters. The summed E-state index contributed by atoms with van der Waals surface area (Å²) in [5, 5.41) is 4.21. The minimum atomic E-state index is 0.123. The van der Waals surface area contributed by atoms with Crippen LogP contribution in [0.4, 0.5) is 0 Å². The average Bonchev–Trinajstić information content (AvgIpc) is 2.90. The number of hydrogen-bond donors (Lipinski definition) is 2. The molecule has 0 aliphatic carbocycles. The summed E-state index contributed by atoms with van der Waals surface area (Å²) < 4.78 is 4.06. The highest BCUT2D eigenvalue weighted by Crippen LogP contribution is 2.28. The fourth-order valence-corrected chi connectivity index (χ4v) is 2.99. The summed E-state index contributed by atoms with van der Waals surface area (Å²) in [5.41, 5.74) is 5.28. The van der Waals surface area contributed by atoms with Crippen LogP contribution in [0.1, 0.15) is 48.4 Å². The third kappa shape index (κ3) is 3.59. The number of nitrogens with two attached hydrogens (primary N) is 1. The Kier molecular flexibility index (Phi) is 5.01. The summed E-state index contributed by atoms with van der Waals surface area (Å²) in [6.07, 6.45) is 1.94. The van der Waals surface area contributed by atoms with Crippen molar-refractivity contribution >= 4 is 11.5 Å². The van der Waals surface area contributed by atoms with Gasteiger partial charge < -0.3 is 0 Å². The Hall–Kier alpha value is -1.30. The van der Waals surface area contributed by atoms with Gasteiger partial charge in [-0.2, -0.15) is 0 Å². The van der Waals surface area contributed by atoms with Crippen molar-refractivity contribution in [2.24, 2.45) is 5.84 Å². The molecule has 19 heavy (non-hydrogen) atoms. The lowest BCUT2D eigenvalue weighted by Gasteiger charge is -2.16. The first kappa shape index (κ1) is 14.1. The highest BCUT2D eigenvalue weighted by atomic mass is 32.1. The molecule has 0 radical (unpaired) electrons. The lowest BCUT2D eigenvalue weighted by atomic mass is 10.0. The van der Waals surface area contributed by atoms with Crippen molar-refractivity contribution in [3.63, 3.8) is 0 Å². The van der Waals surface area contributed by atoms with Crippen molar-refractivity contribution in [2.45, 2.75) is 38.6 Å². The number of rotatable bonds is 6. The molecule has 102 valence electrons. The predicted molar refractivity (Wildman–Crippen MR) is 78.8 cm³/mol. The van der Waals surface area contributed by atoms with Gasteiger partial charge in [-0.25, -0.2) is 0 Å². The Bertz CT molecular complexity index is 495. The molecule has 3 N–H and O–H groups in total. The minimum absolute atomic E-state index is 0.123. The predicted octanol–water partition coefficient (Wildman–Crippen LogP) is 2.80. The molecule has 0 aliphatic heterocycles.